The van der Waals surface area contributed by atoms with Gasteiger partial charge in [0.05, 0.1) is 12.2 Å². The molecular weight excluding hydrogens is 278 g/mol. The summed E-state index contributed by atoms with van der Waals surface area (Å²) >= 11 is 0. The summed E-state index contributed by atoms with van der Waals surface area (Å²) in [6.07, 6.45) is 11.6. The van der Waals surface area contributed by atoms with E-state index in [0.29, 0.717) is 12.5 Å². The minimum Gasteiger partial charge on any atom is -0.338 e. The molecule has 0 aromatic carbocycles. The normalized spacial score (nSPS) is 19.2. The van der Waals surface area contributed by atoms with Crippen LogP contribution in [0.1, 0.15) is 30.9 Å². The molecule has 2 atom stereocenters. The highest BCUT2D eigenvalue weighted by atomic mass is 16.2. The van der Waals surface area contributed by atoms with E-state index in [-0.39, 0.29) is 12.1 Å². The smallest absolute Gasteiger partial charge is 0.314 e. The van der Waals surface area contributed by atoms with Crippen LogP contribution in [0.15, 0.2) is 24.5 Å². The Balaban J connectivity index is 1.76. The second-order valence-electron chi connectivity index (χ2n) is 6.17. The van der Waals surface area contributed by atoms with Gasteiger partial charge in [0.25, 0.3) is 0 Å². The first-order chi connectivity index (χ1) is 10.6. The Morgan fingerprint density at radius 3 is 2.86 bits per heavy atom. The predicted molar refractivity (Wildman–Crippen MR) is 87.5 cm³/mol. The largest absolute Gasteiger partial charge is 0.338 e. The average molecular weight is 305 g/mol. The fourth-order valence-electron chi connectivity index (χ4n) is 2.74. The molecule has 2 amide bonds. The highest BCUT2D eigenvalue weighted by molar-refractivity contribution is 5.73. The first-order valence-electron chi connectivity index (χ1n) is 7.88. The number of carbonyl (C=O) groups excluding carboxylic acids is 1. The summed E-state index contributed by atoms with van der Waals surface area (Å²) < 4.78 is 1.78. The standard InChI is InChI=1S/C16H27N5O/c1-20(2)15(14-10-19-21(3)12-14)11-18-16(22)17-9-13-7-5-4-6-8-13/h4-5,10,12-13,15H,6-9,11H2,1-3H3,(H2,17,18,22)/t13-,15-/m0/s1. The summed E-state index contributed by atoms with van der Waals surface area (Å²) in [5.41, 5.74) is 1.10. The third kappa shape index (κ3) is 4.87. The van der Waals surface area contributed by atoms with Crippen molar-refractivity contribution in [1.82, 2.24) is 25.3 Å². The number of hydrogen-bond acceptors (Lipinski definition) is 3. The van der Waals surface area contributed by atoms with Crippen LogP contribution in [-0.4, -0.2) is 47.9 Å². The van der Waals surface area contributed by atoms with Crippen LogP contribution >= 0.6 is 0 Å². The zero-order chi connectivity index (χ0) is 15.9. The zero-order valence-corrected chi connectivity index (χ0v) is 13.7. The molecule has 22 heavy (non-hydrogen) atoms. The third-order valence-electron chi connectivity index (χ3n) is 4.12. The van der Waals surface area contributed by atoms with Gasteiger partial charge in [0.15, 0.2) is 0 Å². The van der Waals surface area contributed by atoms with Crippen molar-refractivity contribution >= 4 is 6.03 Å². The quantitative estimate of drug-likeness (QED) is 0.786. The Morgan fingerprint density at radius 1 is 1.45 bits per heavy atom. The minimum atomic E-state index is -0.0923. The number of nitrogens with one attached hydrogen (secondary N) is 2. The van der Waals surface area contributed by atoms with Gasteiger partial charge in [-0.3, -0.25) is 4.68 Å². The molecule has 0 fully saturated rings. The van der Waals surface area contributed by atoms with Gasteiger partial charge in [0.1, 0.15) is 0 Å². The van der Waals surface area contributed by atoms with Crippen LogP contribution in [0.25, 0.3) is 0 Å². The summed E-state index contributed by atoms with van der Waals surface area (Å²) in [6, 6.07) is 0.0300. The number of rotatable bonds is 6. The number of amides is 2. The van der Waals surface area contributed by atoms with Gasteiger partial charge < -0.3 is 15.5 Å². The lowest BCUT2D eigenvalue weighted by Gasteiger charge is -2.24. The molecule has 6 heteroatoms. The monoisotopic (exact) mass is 305 g/mol. The number of urea groups is 1. The zero-order valence-electron chi connectivity index (χ0n) is 13.7. The molecular formula is C16H27N5O. The van der Waals surface area contributed by atoms with Crippen LogP contribution in [0.2, 0.25) is 0 Å². The van der Waals surface area contributed by atoms with E-state index in [0.717, 1.165) is 31.4 Å². The lowest BCUT2D eigenvalue weighted by Crippen LogP contribution is -2.42. The average Bonchev–Trinajstić information content (AvgIpc) is 2.92. The van der Waals surface area contributed by atoms with E-state index in [2.05, 4.69) is 32.8 Å². The van der Waals surface area contributed by atoms with Crippen molar-refractivity contribution in [2.45, 2.75) is 25.3 Å². The van der Waals surface area contributed by atoms with Gasteiger partial charge in [-0.25, -0.2) is 4.79 Å². The fourth-order valence-corrected chi connectivity index (χ4v) is 2.74. The maximum atomic E-state index is 12.0. The number of hydrogen-bond donors (Lipinski definition) is 2. The van der Waals surface area contributed by atoms with Gasteiger partial charge in [0, 0.05) is 31.9 Å². The molecule has 1 aromatic rings. The van der Waals surface area contributed by atoms with Crippen molar-refractivity contribution in [1.29, 1.82) is 0 Å². The van der Waals surface area contributed by atoms with Crippen LogP contribution in [0.4, 0.5) is 4.79 Å². The molecule has 1 aliphatic rings. The van der Waals surface area contributed by atoms with Crippen LogP contribution in [0.5, 0.6) is 0 Å². The molecule has 0 saturated heterocycles. The fraction of sp³-hybridized carbons (Fsp3) is 0.625. The highest BCUT2D eigenvalue weighted by Gasteiger charge is 2.17. The van der Waals surface area contributed by atoms with Gasteiger partial charge in [-0.05, 0) is 39.3 Å². The molecule has 0 radical (unpaired) electrons. The highest BCUT2D eigenvalue weighted by Crippen LogP contribution is 2.17. The van der Waals surface area contributed by atoms with Crippen molar-refractivity contribution in [3.8, 4) is 0 Å². The summed E-state index contributed by atoms with van der Waals surface area (Å²) in [5.74, 6) is 0.568. The lowest BCUT2D eigenvalue weighted by molar-refractivity contribution is 0.230. The van der Waals surface area contributed by atoms with Gasteiger partial charge >= 0.3 is 6.03 Å². The second kappa shape index (κ2) is 7.98. The number of carbonyl (C=O) groups is 1. The molecule has 2 N–H and O–H groups in total. The van der Waals surface area contributed by atoms with Gasteiger partial charge in [-0.15, -0.1) is 0 Å². The van der Waals surface area contributed by atoms with E-state index >= 15 is 0 Å². The molecule has 2 rings (SSSR count). The van der Waals surface area contributed by atoms with E-state index in [1.807, 2.05) is 33.5 Å². The maximum Gasteiger partial charge on any atom is 0.314 e. The topological polar surface area (TPSA) is 62.2 Å². The summed E-state index contributed by atoms with van der Waals surface area (Å²) in [6.45, 7) is 1.31. The minimum absolute atomic E-state index is 0.0923. The number of aryl methyl sites for hydroxylation is 1. The molecule has 0 bridgehead atoms. The Kier molecular flexibility index (Phi) is 6.00. The molecule has 1 heterocycles. The van der Waals surface area contributed by atoms with Gasteiger partial charge in [0.2, 0.25) is 0 Å². The molecule has 0 spiro atoms. The van der Waals surface area contributed by atoms with Crippen LogP contribution in [0, 0.1) is 5.92 Å². The molecule has 122 valence electrons. The number of nitrogens with zero attached hydrogens (tertiary/aromatic N) is 3. The van der Waals surface area contributed by atoms with Crippen molar-refractivity contribution in [2.75, 3.05) is 27.2 Å². The third-order valence-corrected chi connectivity index (χ3v) is 4.12. The molecule has 1 aliphatic carbocycles. The Bertz CT molecular complexity index is 508. The molecule has 6 nitrogen and oxygen atoms in total. The van der Waals surface area contributed by atoms with Crippen molar-refractivity contribution in [3.63, 3.8) is 0 Å². The first-order valence-corrected chi connectivity index (χ1v) is 7.88. The summed E-state index contributed by atoms with van der Waals surface area (Å²) in [4.78, 5) is 14.1. The van der Waals surface area contributed by atoms with Crippen LogP contribution in [0.3, 0.4) is 0 Å². The summed E-state index contributed by atoms with van der Waals surface area (Å²) in [7, 11) is 5.91. The van der Waals surface area contributed by atoms with Gasteiger partial charge in [-0.1, -0.05) is 12.2 Å². The van der Waals surface area contributed by atoms with E-state index in [1.54, 1.807) is 4.68 Å². The maximum absolute atomic E-state index is 12.0. The Labute approximate surface area is 132 Å². The predicted octanol–water partition coefficient (Wildman–Crippen LogP) is 1.68. The van der Waals surface area contributed by atoms with Crippen molar-refractivity contribution < 1.29 is 4.79 Å². The second-order valence-corrected chi connectivity index (χ2v) is 6.17. The van der Waals surface area contributed by atoms with Crippen molar-refractivity contribution in [3.05, 3.63) is 30.1 Å². The van der Waals surface area contributed by atoms with E-state index < -0.39 is 0 Å². The molecule has 0 saturated carbocycles. The van der Waals surface area contributed by atoms with Crippen molar-refractivity contribution in [2.24, 2.45) is 13.0 Å². The van der Waals surface area contributed by atoms with Crippen LogP contribution in [-0.2, 0) is 7.05 Å². The van der Waals surface area contributed by atoms with Crippen LogP contribution < -0.4 is 10.6 Å². The molecule has 0 unspecified atom stereocenters. The van der Waals surface area contributed by atoms with E-state index in [9.17, 15) is 4.79 Å². The molecule has 0 aliphatic heterocycles. The number of allylic oxidation sites excluding steroid dienone is 2. The molecule has 1 aromatic heterocycles. The number of likely N-dealkylation sites (N-methyl/N-ethyl adjacent to an activating group) is 1. The Hall–Kier alpha value is -1.82. The van der Waals surface area contributed by atoms with E-state index in [1.165, 1.54) is 0 Å². The lowest BCUT2D eigenvalue weighted by atomic mass is 9.94. The summed E-state index contributed by atoms with van der Waals surface area (Å²) in [5, 5.41) is 10.1. The SMILES string of the molecule is CN(C)[C@@H](CNC(=O)NC[C@H]1CC=CCC1)c1cnn(C)c1. The first kappa shape index (κ1) is 16.5. The van der Waals surface area contributed by atoms with Gasteiger partial charge in [-0.2, -0.15) is 5.10 Å². The number of aromatic nitrogens is 2. The Morgan fingerprint density at radius 2 is 2.27 bits per heavy atom. The van der Waals surface area contributed by atoms with E-state index in [4.69, 9.17) is 0 Å².